The van der Waals surface area contributed by atoms with Crippen molar-refractivity contribution < 1.29 is 4.52 Å². The lowest BCUT2D eigenvalue weighted by Gasteiger charge is -2.13. The molecule has 0 aliphatic heterocycles. The van der Waals surface area contributed by atoms with E-state index in [1.165, 1.54) is 0 Å². The van der Waals surface area contributed by atoms with Crippen molar-refractivity contribution in [2.24, 2.45) is 0 Å². The number of hydrogen-bond acceptors (Lipinski definition) is 8. The van der Waals surface area contributed by atoms with Crippen LogP contribution in [0.25, 0.3) is 0 Å². The summed E-state index contributed by atoms with van der Waals surface area (Å²) >= 11 is 0. The summed E-state index contributed by atoms with van der Waals surface area (Å²) in [4.78, 5) is 6.38. The Hall–Kier alpha value is -3.16. The van der Waals surface area contributed by atoms with E-state index < -0.39 is 0 Å². The summed E-state index contributed by atoms with van der Waals surface area (Å²) in [5.41, 5.74) is 2.04. The van der Waals surface area contributed by atoms with Gasteiger partial charge in [0.05, 0.1) is 6.20 Å². The molecule has 0 saturated carbocycles. The summed E-state index contributed by atoms with van der Waals surface area (Å²) in [6, 6.07) is 9.75. The lowest BCUT2D eigenvalue weighted by Crippen LogP contribution is -2.08. The standard InChI is InChI=1S/C15H17N7O/c1-10-8-13(21-23-10)18-15-19-14(9-16-20-15)17-11-4-6-12(7-5-11)22(2)3/h4-9H,1-3H3,(H2,17,18,19,20,21). The van der Waals surface area contributed by atoms with Crippen LogP contribution in [0.2, 0.25) is 0 Å². The molecule has 23 heavy (non-hydrogen) atoms. The lowest BCUT2D eigenvalue weighted by atomic mass is 10.2. The molecule has 118 valence electrons. The van der Waals surface area contributed by atoms with E-state index in [9.17, 15) is 0 Å². The van der Waals surface area contributed by atoms with Gasteiger partial charge < -0.3 is 20.1 Å². The van der Waals surface area contributed by atoms with Crippen molar-refractivity contribution >= 4 is 29.0 Å². The van der Waals surface area contributed by atoms with E-state index in [2.05, 4.69) is 31.0 Å². The Labute approximate surface area is 133 Å². The van der Waals surface area contributed by atoms with Crippen LogP contribution in [0.4, 0.5) is 29.0 Å². The van der Waals surface area contributed by atoms with Gasteiger partial charge in [0.2, 0.25) is 5.95 Å². The first-order valence-corrected chi connectivity index (χ1v) is 7.04. The molecule has 0 saturated heterocycles. The Balaban J connectivity index is 1.72. The van der Waals surface area contributed by atoms with Crippen LogP contribution in [0.3, 0.4) is 0 Å². The van der Waals surface area contributed by atoms with Gasteiger partial charge >= 0.3 is 0 Å². The highest BCUT2D eigenvalue weighted by molar-refractivity contribution is 5.61. The number of benzene rings is 1. The maximum atomic E-state index is 4.99. The molecule has 1 aromatic carbocycles. The number of aromatic nitrogens is 4. The van der Waals surface area contributed by atoms with Crippen LogP contribution in [0.15, 0.2) is 41.1 Å². The fourth-order valence-corrected chi connectivity index (χ4v) is 1.95. The Morgan fingerprint density at radius 1 is 1.04 bits per heavy atom. The zero-order chi connectivity index (χ0) is 16.2. The molecule has 3 aromatic rings. The molecule has 8 nitrogen and oxygen atoms in total. The SMILES string of the molecule is Cc1cc(Nc2nncc(Nc3ccc(N(C)C)cc3)n2)no1. The fraction of sp³-hybridized carbons (Fsp3) is 0.200. The lowest BCUT2D eigenvalue weighted by molar-refractivity contribution is 0.400. The molecule has 0 amide bonds. The maximum absolute atomic E-state index is 4.99. The van der Waals surface area contributed by atoms with Crippen molar-refractivity contribution in [1.29, 1.82) is 0 Å². The van der Waals surface area contributed by atoms with Crippen LogP contribution >= 0.6 is 0 Å². The fourth-order valence-electron chi connectivity index (χ4n) is 1.95. The van der Waals surface area contributed by atoms with E-state index in [0.29, 0.717) is 23.3 Å². The first-order valence-electron chi connectivity index (χ1n) is 7.04. The minimum atomic E-state index is 0.341. The average molecular weight is 311 g/mol. The third kappa shape index (κ3) is 3.73. The number of nitrogens with one attached hydrogen (secondary N) is 2. The minimum Gasteiger partial charge on any atom is -0.378 e. The van der Waals surface area contributed by atoms with Crippen LogP contribution < -0.4 is 15.5 Å². The average Bonchev–Trinajstić information content (AvgIpc) is 2.93. The van der Waals surface area contributed by atoms with Crippen molar-refractivity contribution in [3.8, 4) is 0 Å². The third-order valence-corrected chi connectivity index (χ3v) is 3.08. The van der Waals surface area contributed by atoms with Crippen molar-refractivity contribution in [3.05, 3.63) is 42.3 Å². The van der Waals surface area contributed by atoms with Crippen molar-refractivity contribution in [3.63, 3.8) is 0 Å². The van der Waals surface area contributed by atoms with E-state index in [0.717, 1.165) is 11.4 Å². The van der Waals surface area contributed by atoms with Crippen LogP contribution in [0.5, 0.6) is 0 Å². The Morgan fingerprint density at radius 3 is 2.48 bits per heavy atom. The Bertz CT molecular complexity index is 783. The molecular weight excluding hydrogens is 294 g/mol. The quantitative estimate of drug-likeness (QED) is 0.743. The number of aryl methyl sites for hydroxylation is 1. The predicted octanol–water partition coefficient (Wildman–Crippen LogP) is 2.72. The third-order valence-electron chi connectivity index (χ3n) is 3.08. The maximum Gasteiger partial charge on any atom is 0.250 e. The van der Waals surface area contributed by atoms with Gasteiger partial charge in [-0.3, -0.25) is 0 Å². The number of hydrogen-bond donors (Lipinski definition) is 2. The second-order valence-corrected chi connectivity index (χ2v) is 5.18. The summed E-state index contributed by atoms with van der Waals surface area (Å²) in [6.45, 7) is 1.81. The molecule has 0 fully saturated rings. The smallest absolute Gasteiger partial charge is 0.250 e. The van der Waals surface area contributed by atoms with E-state index in [1.807, 2.05) is 50.2 Å². The molecule has 0 spiro atoms. The van der Waals surface area contributed by atoms with Gasteiger partial charge in [-0.2, -0.15) is 10.1 Å². The first kappa shape index (κ1) is 14.8. The number of nitrogens with zero attached hydrogens (tertiary/aromatic N) is 5. The summed E-state index contributed by atoms with van der Waals surface area (Å²) in [6.07, 6.45) is 1.55. The van der Waals surface area contributed by atoms with Crippen LogP contribution in [-0.2, 0) is 0 Å². The van der Waals surface area contributed by atoms with Crippen LogP contribution in [0.1, 0.15) is 5.76 Å². The van der Waals surface area contributed by atoms with Crippen molar-refractivity contribution in [2.75, 3.05) is 29.6 Å². The van der Waals surface area contributed by atoms with E-state index in [-0.39, 0.29) is 0 Å². The second kappa shape index (κ2) is 6.30. The van der Waals surface area contributed by atoms with E-state index in [1.54, 1.807) is 12.3 Å². The molecule has 0 radical (unpaired) electrons. The monoisotopic (exact) mass is 311 g/mol. The summed E-state index contributed by atoms with van der Waals surface area (Å²) in [5, 5.41) is 17.8. The van der Waals surface area contributed by atoms with Gasteiger partial charge in [0.1, 0.15) is 5.76 Å². The zero-order valence-corrected chi connectivity index (χ0v) is 13.1. The molecule has 2 aromatic heterocycles. The molecule has 0 bridgehead atoms. The number of rotatable bonds is 5. The largest absolute Gasteiger partial charge is 0.378 e. The van der Waals surface area contributed by atoms with Gasteiger partial charge in [-0.15, -0.1) is 5.10 Å². The Morgan fingerprint density at radius 2 is 1.83 bits per heavy atom. The number of anilines is 5. The molecule has 8 heteroatoms. The summed E-state index contributed by atoms with van der Waals surface area (Å²) in [7, 11) is 4.00. The van der Waals surface area contributed by atoms with Gasteiger partial charge in [-0.25, -0.2) is 0 Å². The molecule has 0 aliphatic rings. The van der Waals surface area contributed by atoms with Gasteiger partial charge in [0, 0.05) is 31.5 Å². The zero-order valence-electron chi connectivity index (χ0n) is 13.1. The molecule has 0 unspecified atom stereocenters. The molecule has 2 N–H and O–H groups in total. The normalized spacial score (nSPS) is 10.4. The summed E-state index contributed by atoms with van der Waals surface area (Å²) in [5.74, 6) is 2.17. The van der Waals surface area contributed by atoms with Gasteiger partial charge in [0.15, 0.2) is 11.6 Å². The molecule has 0 aliphatic carbocycles. The van der Waals surface area contributed by atoms with E-state index >= 15 is 0 Å². The van der Waals surface area contributed by atoms with Gasteiger partial charge in [-0.1, -0.05) is 5.16 Å². The molecule has 0 atom stereocenters. The highest BCUT2D eigenvalue weighted by Crippen LogP contribution is 2.19. The Kier molecular flexibility index (Phi) is 4.05. The van der Waals surface area contributed by atoms with E-state index in [4.69, 9.17) is 4.52 Å². The first-order chi connectivity index (χ1) is 11.1. The highest BCUT2D eigenvalue weighted by atomic mass is 16.5. The second-order valence-electron chi connectivity index (χ2n) is 5.18. The molecular formula is C15H17N7O. The minimum absolute atomic E-state index is 0.341. The van der Waals surface area contributed by atoms with Crippen LogP contribution in [0, 0.1) is 6.92 Å². The molecule has 2 heterocycles. The van der Waals surface area contributed by atoms with Gasteiger partial charge in [-0.05, 0) is 31.2 Å². The highest BCUT2D eigenvalue weighted by Gasteiger charge is 2.05. The predicted molar refractivity (Wildman–Crippen MR) is 88.4 cm³/mol. The molecule has 3 rings (SSSR count). The van der Waals surface area contributed by atoms with Crippen molar-refractivity contribution in [1.82, 2.24) is 20.3 Å². The van der Waals surface area contributed by atoms with Crippen molar-refractivity contribution in [2.45, 2.75) is 6.92 Å². The topological polar surface area (TPSA) is 92.0 Å². The summed E-state index contributed by atoms with van der Waals surface area (Å²) < 4.78 is 4.99. The van der Waals surface area contributed by atoms with Crippen LogP contribution in [-0.4, -0.2) is 34.4 Å². The van der Waals surface area contributed by atoms with Gasteiger partial charge in [0.25, 0.3) is 0 Å².